The number of nitrogens with two attached hydrogens (primary N) is 1. The van der Waals surface area contributed by atoms with Gasteiger partial charge >= 0.3 is 0 Å². The normalized spacial score (nSPS) is 35.3. The molecule has 25 heavy (non-hydrogen) atoms. The molecule has 2 fully saturated rings. The fourth-order valence-corrected chi connectivity index (χ4v) is 5.85. The zero-order chi connectivity index (χ0) is 18.1. The van der Waals surface area contributed by atoms with Crippen LogP contribution in [0.25, 0.3) is 0 Å². The van der Waals surface area contributed by atoms with Crippen molar-refractivity contribution in [1.29, 1.82) is 0 Å². The molecule has 0 bridgehead atoms. The summed E-state index contributed by atoms with van der Waals surface area (Å²) in [4.78, 5) is 0. The van der Waals surface area contributed by atoms with Gasteiger partial charge in [0.25, 0.3) is 0 Å². The smallest absolute Gasteiger partial charge is 0.194 e. The van der Waals surface area contributed by atoms with Gasteiger partial charge in [0.2, 0.25) is 0 Å². The summed E-state index contributed by atoms with van der Waals surface area (Å²) < 4.78 is 9.00. The van der Waals surface area contributed by atoms with Gasteiger partial charge in [0.1, 0.15) is 0 Å². The third-order valence-corrected chi connectivity index (χ3v) is 7.23. The molecule has 7 heteroatoms. The molecular weight excluding hydrogens is 380 g/mol. The molecule has 148 valence electrons. The van der Waals surface area contributed by atoms with Crippen molar-refractivity contribution < 1.29 is 14.5 Å². The van der Waals surface area contributed by atoms with Crippen LogP contribution in [-0.2, 0) is 9.20 Å². The van der Waals surface area contributed by atoms with Crippen molar-refractivity contribution in [2.45, 2.75) is 87.4 Å². The van der Waals surface area contributed by atoms with Gasteiger partial charge < -0.3 is 10.3 Å². The third-order valence-electron chi connectivity index (χ3n) is 5.94. The number of hydrogen-bond acceptors (Lipinski definition) is 4. The van der Waals surface area contributed by atoms with Crippen LogP contribution in [0.15, 0.2) is 0 Å². The second-order valence-corrected chi connectivity index (χ2v) is 9.81. The van der Waals surface area contributed by atoms with Crippen molar-refractivity contribution in [2.75, 3.05) is 6.61 Å². The molecule has 7 atom stereocenters. The van der Waals surface area contributed by atoms with E-state index in [-0.39, 0.29) is 15.1 Å². The Morgan fingerprint density at radius 2 is 1.92 bits per heavy atom. The van der Waals surface area contributed by atoms with Crippen molar-refractivity contribution in [3.8, 4) is 0 Å². The summed E-state index contributed by atoms with van der Waals surface area (Å²) in [6.45, 7) is 0.430. The monoisotopic (exact) mass is 413 g/mol. The predicted octanol–water partition coefficient (Wildman–Crippen LogP) is 5.71. The van der Waals surface area contributed by atoms with Crippen molar-refractivity contribution in [2.24, 2.45) is 23.5 Å². The minimum atomic E-state index is -0.344. The minimum absolute atomic E-state index is 0.00237. The Morgan fingerprint density at radius 3 is 2.64 bits per heavy atom. The molecule has 0 radical (unpaired) electrons. The molecule has 0 aromatic carbocycles. The molecule has 2 aliphatic rings. The zero-order valence-corrected chi connectivity index (χ0v) is 17.6. The highest BCUT2D eigenvalue weighted by molar-refractivity contribution is 7.26. The highest BCUT2D eigenvalue weighted by atomic mass is 35.5. The highest BCUT2D eigenvalue weighted by Gasteiger charge is 2.31. The van der Waals surface area contributed by atoms with Gasteiger partial charge in [-0.05, 0) is 62.7 Å². The minimum Gasteiger partial charge on any atom is -0.333 e. The summed E-state index contributed by atoms with van der Waals surface area (Å²) in [5, 5.41) is 8.93. The van der Waals surface area contributed by atoms with Crippen LogP contribution in [0.3, 0.4) is 0 Å². The molecule has 0 amide bonds. The molecule has 0 aromatic heterocycles. The quantitative estimate of drug-likeness (QED) is 0.158. The molecule has 3 N–H and O–H groups in total. The lowest BCUT2D eigenvalue weighted by Crippen LogP contribution is -2.29. The van der Waals surface area contributed by atoms with Crippen LogP contribution >= 0.6 is 32.2 Å². The van der Waals surface area contributed by atoms with Gasteiger partial charge in [-0.15, -0.1) is 23.2 Å². The summed E-state index contributed by atoms with van der Waals surface area (Å²) in [7, 11) is -0.344. The van der Waals surface area contributed by atoms with E-state index >= 15 is 0 Å². The molecule has 0 saturated heterocycles. The standard InChI is InChI=1S/C18H34Cl2NO3P/c19-16-5-1-3-13(10-16)9-14-7-8-15(18(20)11-14)4-2-6-17(21)12-23-25-24-22/h13-18,22,25H,1-12,21H2. The summed E-state index contributed by atoms with van der Waals surface area (Å²) in [6.07, 6.45) is 13.3. The first-order valence-corrected chi connectivity index (χ1v) is 11.5. The Hall–Kier alpha value is 0.850. The average molecular weight is 414 g/mol. The third kappa shape index (κ3) is 8.60. The van der Waals surface area contributed by atoms with Crippen molar-refractivity contribution in [3.63, 3.8) is 0 Å². The van der Waals surface area contributed by atoms with Crippen LogP contribution in [0, 0.1) is 17.8 Å². The molecule has 2 saturated carbocycles. The van der Waals surface area contributed by atoms with Crippen LogP contribution in [0.5, 0.6) is 0 Å². The SMILES string of the molecule is NC(CCCC1CCC(CC2CCCC(Cl)C2)CC1Cl)COPOO. The summed E-state index contributed by atoms with van der Waals surface area (Å²) in [5.74, 6) is 2.24. The maximum atomic E-state index is 8.22. The Kier molecular flexibility index (Phi) is 10.9. The van der Waals surface area contributed by atoms with E-state index in [9.17, 15) is 0 Å². The van der Waals surface area contributed by atoms with Crippen molar-refractivity contribution in [3.05, 3.63) is 0 Å². The first-order valence-electron chi connectivity index (χ1n) is 9.79. The highest BCUT2D eigenvalue weighted by Crippen LogP contribution is 2.41. The van der Waals surface area contributed by atoms with Gasteiger partial charge in [-0.2, -0.15) is 4.67 Å². The van der Waals surface area contributed by atoms with Gasteiger partial charge in [-0.3, -0.25) is 0 Å². The fourth-order valence-electron chi connectivity index (χ4n) is 4.60. The number of alkyl halides is 2. The van der Waals surface area contributed by atoms with E-state index in [1.54, 1.807) is 0 Å². The molecule has 0 spiro atoms. The Morgan fingerprint density at radius 1 is 1.12 bits per heavy atom. The van der Waals surface area contributed by atoms with Crippen LogP contribution in [0.2, 0.25) is 0 Å². The van der Waals surface area contributed by atoms with E-state index < -0.39 is 0 Å². The van der Waals surface area contributed by atoms with E-state index in [1.807, 2.05) is 0 Å². The lowest BCUT2D eigenvalue weighted by molar-refractivity contribution is -0.133. The molecule has 7 unspecified atom stereocenters. The first kappa shape index (κ1) is 22.1. The molecule has 0 heterocycles. The fraction of sp³-hybridized carbons (Fsp3) is 1.00. The van der Waals surface area contributed by atoms with E-state index in [4.69, 9.17) is 38.7 Å². The predicted molar refractivity (Wildman–Crippen MR) is 106 cm³/mol. The summed E-state index contributed by atoms with van der Waals surface area (Å²) >= 11 is 13.1. The largest absolute Gasteiger partial charge is 0.333 e. The number of rotatable bonds is 10. The first-order chi connectivity index (χ1) is 12.1. The van der Waals surface area contributed by atoms with Gasteiger partial charge in [0.15, 0.2) is 9.03 Å². The topological polar surface area (TPSA) is 64.7 Å². The molecular formula is C18H34Cl2NO3P. The van der Waals surface area contributed by atoms with E-state index in [0.29, 0.717) is 23.3 Å². The van der Waals surface area contributed by atoms with E-state index in [1.165, 1.54) is 51.4 Å². The van der Waals surface area contributed by atoms with E-state index in [0.717, 1.165) is 31.1 Å². The summed E-state index contributed by atoms with van der Waals surface area (Å²) in [5.41, 5.74) is 6.00. The molecule has 4 nitrogen and oxygen atoms in total. The second-order valence-electron chi connectivity index (χ2n) is 8.00. The van der Waals surface area contributed by atoms with Crippen LogP contribution in [0.4, 0.5) is 0 Å². The molecule has 2 rings (SSSR count). The second kappa shape index (κ2) is 12.3. The maximum absolute atomic E-state index is 8.22. The lowest BCUT2D eigenvalue weighted by Gasteiger charge is -2.36. The van der Waals surface area contributed by atoms with Gasteiger partial charge in [0.05, 0.1) is 6.61 Å². The maximum Gasteiger partial charge on any atom is 0.194 e. The van der Waals surface area contributed by atoms with Crippen LogP contribution < -0.4 is 5.73 Å². The van der Waals surface area contributed by atoms with Crippen LogP contribution in [0.1, 0.15) is 70.6 Å². The molecule has 0 aromatic rings. The van der Waals surface area contributed by atoms with Gasteiger partial charge in [0, 0.05) is 16.8 Å². The van der Waals surface area contributed by atoms with Crippen LogP contribution in [-0.4, -0.2) is 28.7 Å². The lowest BCUT2D eigenvalue weighted by atomic mass is 9.73. The number of halogens is 2. The number of hydrogen-bond donors (Lipinski definition) is 2. The molecule has 0 aliphatic heterocycles. The van der Waals surface area contributed by atoms with Crippen molar-refractivity contribution in [1.82, 2.24) is 0 Å². The Bertz CT molecular complexity index is 367. The summed E-state index contributed by atoms with van der Waals surface area (Å²) in [6, 6.07) is 0.00237. The Balaban J connectivity index is 1.59. The zero-order valence-electron chi connectivity index (χ0n) is 15.0. The van der Waals surface area contributed by atoms with Gasteiger partial charge in [-0.1, -0.05) is 25.7 Å². The van der Waals surface area contributed by atoms with E-state index in [2.05, 4.69) is 4.67 Å². The van der Waals surface area contributed by atoms with Crippen molar-refractivity contribution >= 4 is 32.2 Å². The van der Waals surface area contributed by atoms with Gasteiger partial charge in [-0.25, -0.2) is 5.26 Å². The average Bonchev–Trinajstić information content (AvgIpc) is 2.57. The Labute approximate surface area is 164 Å². The molecule has 2 aliphatic carbocycles.